The molecule has 1 fully saturated rings. The Kier molecular flexibility index (Phi) is 4.85. The van der Waals surface area contributed by atoms with E-state index < -0.39 is 48.5 Å². The molecule has 21 heavy (non-hydrogen) atoms. The van der Waals surface area contributed by atoms with Gasteiger partial charge < -0.3 is 10.0 Å². The van der Waals surface area contributed by atoms with Crippen molar-refractivity contribution >= 4 is 17.9 Å². The van der Waals surface area contributed by atoms with E-state index in [1.54, 1.807) is 0 Å². The van der Waals surface area contributed by atoms with Crippen LogP contribution < -0.4 is 5.32 Å². The number of aliphatic carboxylic acids is 1. The standard InChI is InChI=1S/C12H17F3N2O4/c1-11(2,9(19)20)5-8(18)16-10(21)17(7-3-4-7)6-12(13,14)15/h7H,3-6H2,1-2H3,(H,19,20)(H,16,18,21). The molecule has 9 heteroatoms. The number of carbonyl (C=O) groups is 3. The van der Waals surface area contributed by atoms with Crippen LogP contribution in [-0.4, -0.2) is 46.7 Å². The first-order valence-electron chi connectivity index (χ1n) is 6.33. The number of carbonyl (C=O) groups excluding carboxylic acids is 2. The highest BCUT2D eigenvalue weighted by Gasteiger charge is 2.41. The molecule has 1 rings (SSSR count). The second-order valence-electron chi connectivity index (χ2n) is 5.69. The summed E-state index contributed by atoms with van der Waals surface area (Å²) in [6.45, 7) is 1.14. The van der Waals surface area contributed by atoms with Crippen LogP contribution in [0.3, 0.4) is 0 Å². The average molecular weight is 310 g/mol. The minimum atomic E-state index is -4.55. The van der Waals surface area contributed by atoms with Crippen LogP contribution in [0.1, 0.15) is 33.1 Å². The molecule has 0 aliphatic heterocycles. The van der Waals surface area contributed by atoms with Crippen molar-refractivity contribution < 1.29 is 32.7 Å². The maximum absolute atomic E-state index is 12.4. The van der Waals surface area contributed by atoms with Crippen LogP contribution in [0.4, 0.5) is 18.0 Å². The van der Waals surface area contributed by atoms with Crippen LogP contribution in [0.15, 0.2) is 0 Å². The van der Waals surface area contributed by atoms with Gasteiger partial charge in [-0.25, -0.2) is 4.79 Å². The molecule has 0 aromatic rings. The van der Waals surface area contributed by atoms with Crippen molar-refractivity contribution in [3.05, 3.63) is 0 Å². The molecule has 3 amide bonds. The number of nitrogens with zero attached hydrogens (tertiary/aromatic N) is 1. The fourth-order valence-electron chi connectivity index (χ4n) is 1.66. The van der Waals surface area contributed by atoms with Gasteiger partial charge in [0.25, 0.3) is 0 Å². The molecular weight excluding hydrogens is 293 g/mol. The van der Waals surface area contributed by atoms with E-state index in [0.717, 1.165) is 0 Å². The molecule has 0 unspecified atom stereocenters. The predicted molar refractivity (Wildman–Crippen MR) is 65.4 cm³/mol. The molecule has 0 radical (unpaired) electrons. The van der Waals surface area contributed by atoms with Gasteiger partial charge in [0.05, 0.1) is 5.41 Å². The van der Waals surface area contributed by atoms with E-state index in [0.29, 0.717) is 17.7 Å². The predicted octanol–water partition coefficient (Wildman–Crippen LogP) is 1.75. The zero-order valence-corrected chi connectivity index (χ0v) is 11.7. The third-order valence-corrected chi connectivity index (χ3v) is 3.03. The summed E-state index contributed by atoms with van der Waals surface area (Å²) in [6, 6.07) is -1.66. The fraction of sp³-hybridized carbons (Fsp3) is 0.750. The van der Waals surface area contributed by atoms with Crippen LogP contribution in [0, 0.1) is 5.41 Å². The van der Waals surface area contributed by atoms with Gasteiger partial charge in [-0.15, -0.1) is 0 Å². The molecule has 1 saturated carbocycles. The number of carboxylic acid groups (broad SMARTS) is 1. The lowest BCUT2D eigenvalue weighted by Crippen LogP contribution is -2.48. The summed E-state index contributed by atoms with van der Waals surface area (Å²) < 4.78 is 37.2. The molecule has 0 aromatic carbocycles. The van der Waals surface area contributed by atoms with Crippen LogP contribution in [0.5, 0.6) is 0 Å². The van der Waals surface area contributed by atoms with Gasteiger partial charge in [0.1, 0.15) is 6.54 Å². The molecule has 0 atom stereocenters. The monoisotopic (exact) mass is 310 g/mol. The number of rotatable bonds is 5. The lowest BCUT2D eigenvalue weighted by molar-refractivity contribution is -0.149. The number of hydrogen-bond donors (Lipinski definition) is 2. The molecule has 1 aliphatic rings. The Morgan fingerprint density at radius 3 is 2.14 bits per heavy atom. The SMILES string of the molecule is CC(C)(CC(=O)NC(=O)N(CC(F)(F)F)C1CC1)C(=O)O. The highest BCUT2D eigenvalue weighted by atomic mass is 19.4. The van der Waals surface area contributed by atoms with Crippen LogP contribution in [-0.2, 0) is 9.59 Å². The maximum Gasteiger partial charge on any atom is 0.406 e. The van der Waals surface area contributed by atoms with Gasteiger partial charge in [-0.05, 0) is 26.7 Å². The van der Waals surface area contributed by atoms with E-state index in [1.807, 2.05) is 5.32 Å². The van der Waals surface area contributed by atoms with Gasteiger partial charge in [0.15, 0.2) is 0 Å². The van der Waals surface area contributed by atoms with E-state index >= 15 is 0 Å². The van der Waals surface area contributed by atoms with Crippen molar-refractivity contribution in [1.29, 1.82) is 0 Å². The summed E-state index contributed by atoms with van der Waals surface area (Å²) in [7, 11) is 0. The van der Waals surface area contributed by atoms with Crippen LogP contribution >= 0.6 is 0 Å². The van der Waals surface area contributed by atoms with Gasteiger partial charge >= 0.3 is 18.2 Å². The molecule has 0 spiro atoms. The molecule has 1 aliphatic carbocycles. The molecule has 120 valence electrons. The lowest BCUT2D eigenvalue weighted by Gasteiger charge is -2.24. The van der Waals surface area contributed by atoms with Crippen molar-refractivity contribution in [1.82, 2.24) is 10.2 Å². The quantitative estimate of drug-likeness (QED) is 0.810. The summed E-state index contributed by atoms with van der Waals surface area (Å²) >= 11 is 0. The largest absolute Gasteiger partial charge is 0.481 e. The van der Waals surface area contributed by atoms with Gasteiger partial charge in [0, 0.05) is 12.5 Å². The minimum absolute atomic E-state index is 0.457. The Labute approximate surface area is 119 Å². The van der Waals surface area contributed by atoms with Crippen LogP contribution in [0.2, 0.25) is 0 Å². The van der Waals surface area contributed by atoms with Crippen molar-refractivity contribution in [2.24, 2.45) is 5.41 Å². The first-order valence-corrected chi connectivity index (χ1v) is 6.33. The number of nitrogens with one attached hydrogen (secondary N) is 1. The second-order valence-corrected chi connectivity index (χ2v) is 5.69. The van der Waals surface area contributed by atoms with Gasteiger partial charge in [-0.1, -0.05) is 0 Å². The number of imide groups is 1. The molecule has 0 heterocycles. The Balaban J connectivity index is 2.61. The van der Waals surface area contributed by atoms with Crippen molar-refractivity contribution in [3.8, 4) is 0 Å². The topological polar surface area (TPSA) is 86.7 Å². The number of carboxylic acids is 1. The normalized spacial score (nSPS) is 15.5. The van der Waals surface area contributed by atoms with Crippen molar-refractivity contribution in [2.75, 3.05) is 6.54 Å². The first-order chi connectivity index (χ1) is 9.42. The zero-order chi connectivity index (χ0) is 16.4. The minimum Gasteiger partial charge on any atom is -0.481 e. The van der Waals surface area contributed by atoms with Crippen molar-refractivity contribution in [3.63, 3.8) is 0 Å². The third-order valence-electron chi connectivity index (χ3n) is 3.03. The van der Waals surface area contributed by atoms with Crippen LogP contribution in [0.25, 0.3) is 0 Å². The summed E-state index contributed by atoms with van der Waals surface area (Å²) in [5.74, 6) is -2.15. The number of hydrogen-bond acceptors (Lipinski definition) is 3. The second kappa shape index (κ2) is 5.90. The Morgan fingerprint density at radius 2 is 1.76 bits per heavy atom. The number of halogens is 3. The molecule has 6 nitrogen and oxygen atoms in total. The number of urea groups is 1. The van der Waals surface area contributed by atoms with Crippen molar-refractivity contribution in [2.45, 2.75) is 45.3 Å². The number of alkyl halides is 3. The third kappa shape index (κ3) is 5.60. The first kappa shape index (κ1) is 17.3. The molecule has 2 N–H and O–H groups in total. The Morgan fingerprint density at radius 1 is 1.24 bits per heavy atom. The van der Waals surface area contributed by atoms with E-state index in [-0.39, 0.29) is 0 Å². The number of amides is 3. The van der Waals surface area contributed by atoms with E-state index in [9.17, 15) is 27.6 Å². The summed E-state index contributed by atoms with van der Waals surface area (Å²) in [5.41, 5.74) is -1.40. The average Bonchev–Trinajstić information content (AvgIpc) is 3.06. The molecule has 0 aromatic heterocycles. The van der Waals surface area contributed by atoms with E-state index in [4.69, 9.17) is 5.11 Å². The summed E-state index contributed by atoms with van der Waals surface area (Å²) in [4.78, 5) is 34.7. The zero-order valence-electron chi connectivity index (χ0n) is 11.7. The Bertz CT molecular complexity index is 444. The highest BCUT2D eigenvalue weighted by molar-refractivity contribution is 5.96. The molecular formula is C12H17F3N2O4. The highest BCUT2D eigenvalue weighted by Crippen LogP contribution is 2.30. The summed E-state index contributed by atoms with van der Waals surface area (Å²) in [6.07, 6.45) is -4.14. The summed E-state index contributed by atoms with van der Waals surface area (Å²) in [5, 5.41) is 10.7. The molecule has 0 saturated heterocycles. The Hall–Kier alpha value is -1.80. The lowest BCUT2D eigenvalue weighted by atomic mass is 9.89. The van der Waals surface area contributed by atoms with Gasteiger partial charge in [0.2, 0.25) is 5.91 Å². The van der Waals surface area contributed by atoms with Gasteiger partial charge in [-0.3, -0.25) is 14.9 Å². The van der Waals surface area contributed by atoms with Gasteiger partial charge in [-0.2, -0.15) is 13.2 Å². The van der Waals surface area contributed by atoms with E-state index in [2.05, 4.69) is 0 Å². The van der Waals surface area contributed by atoms with E-state index in [1.165, 1.54) is 13.8 Å². The smallest absolute Gasteiger partial charge is 0.406 e. The molecule has 0 bridgehead atoms. The maximum atomic E-state index is 12.4. The fourth-order valence-corrected chi connectivity index (χ4v) is 1.66.